The van der Waals surface area contributed by atoms with Crippen LogP contribution in [0.15, 0.2) is 24.3 Å². The van der Waals surface area contributed by atoms with E-state index in [1.54, 1.807) is 0 Å². The van der Waals surface area contributed by atoms with Crippen LogP contribution in [0, 0.1) is 0 Å². The molecule has 0 aliphatic carbocycles. The average Bonchev–Trinajstić information content (AvgIpc) is 3.10. The zero-order valence-corrected chi connectivity index (χ0v) is 32.7. The van der Waals surface area contributed by atoms with Crippen molar-refractivity contribution < 1.29 is 24.2 Å². The van der Waals surface area contributed by atoms with Gasteiger partial charge in [-0.3, -0.25) is 14.5 Å². The van der Waals surface area contributed by atoms with Crippen LogP contribution in [0.4, 0.5) is 0 Å². The summed E-state index contributed by atoms with van der Waals surface area (Å²) in [7, 11) is 0. The van der Waals surface area contributed by atoms with E-state index in [0.717, 1.165) is 51.4 Å². The van der Waals surface area contributed by atoms with Gasteiger partial charge in [0, 0.05) is 25.9 Å². The number of aliphatic hydroxyl groups is 1. The maximum atomic E-state index is 12.2. The number of rotatable bonds is 38. The van der Waals surface area contributed by atoms with Gasteiger partial charge in [0.1, 0.15) is 19.4 Å². The van der Waals surface area contributed by atoms with Crippen molar-refractivity contribution in [2.75, 3.05) is 26.3 Å². The van der Waals surface area contributed by atoms with E-state index in [1.165, 1.54) is 116 Å². The third-order valence-corrected chi connectivity index (χ3v) is 9.36. The lowest BCUT2D eigenvalue weighted by Gasteiger charge is -2.26. The van der Waals surface area contributed by atoms with Crippen molar-refractivity contribution in [3.05, 3.63) is 24.3 Å². The standard InChI is InChI=1S/C43H81NO5/c1-4-7-9-11-13-15-17-19-21-23-25-27-29-31-33-35-42(46)48-39-37-44(41(45)6-3)38-40-49-43(47)36-34-32-30-28-26-24-22-20-18-16-14-12-10-8-5-2/h19-22,41,45H,4-18,23-40H2,1-3H3. The molecular formula is C43H81NO5. The van der Waals surface area contributed by atoms with Crippen LogP contribution in [0.5, 0.6) is 0 Å². The SMILES string of the molecule is CCCCCCCCC=CCCCCCCCC(=O)OCCN(CCOC(=O)CCCCCCCC=CCCCCCCCC)C(O)CC. The van der Waals surface area contributed by atoms with Gasteiger partial charge >= 0.3 is 11.9 Å². The normalized spacial score (nSPS) is 12.4. The fraction of sp³-hybridized carbons (Fsp3) is 0.860. The molecule has 0 spiro atoms. The Morgan fingerprint density at radius 1 is 0.490 bits per heavy atom. The van der Waals surface area contributed by atoms with Gasteiger partial charge in [-0.05, 0) is 70.6 Å². The van der Waals surface area contributed by atoms with Crippen LogP contribution in [-0.2, 0) is 19.1 Å². The van der Waals surface area contributed by atoms with Crippen LogP contribution < -0.4 is 0 Å². The Kier molecular flexibility index (Phi) is 37.8. The van der Waals surface area contributed by atoms with Crippen LogP contribution in [0.3, 0.4) is 0 Å². The van der Waals surface area contributed by atoms with Gasteiger partial charge in [0.05, 0.1) is 0 Å². The molecule has 6 heteroatoms. The van der Waals surface area contributed by atoms with E-state index in [0.29, 0.717) is 32.4 Å². The Bertz CT molecular complexity index is 709. The average molecular weight is 692 g/mol. The van der Waals surface area contributed by atoms with Gasteiger partial charge < -0.3 is 14.6 Å². The first-order valence-corrected chi connectivity index (χ1v) is 21.1. The number of unbranched alkanes of at least 4 members (excludes halogenated alkanes) is 22. The van der Waals surface area contributed by atoms with Crippen molar-refractivity contribution in [2.24, 2.45) is 0 Å². The second kappa shape index (κ2) is 39.1. The summed E-state index contributed by atoms with van der Waals surface area (Å²) in [6.07, 6.45) is 42.2. The molecule has 0 aliphatic rings. The van der Waals surface area contributed by atoms with Gasteiger partial charge in [-0.15, -0.1) is 0 Å². The van der Waals surface area contributed by atoms with Gasteiger partial charge in [0.25, 0.3) is 0 Å². The zero-order valence-electron chi connectivity index (χ0n) is 32.7. The number of carbonyl (C=O) groups excluding carboxylic acids is 2. The fourth-order valence-corrected chi connectivity index (χ4v) is 6.05. The number of esters is 2. The number of hydrogen-bond acceptors (Lipinski definition) is 6. The van der Waals surface area contributed by atoms with Gasteiger partial charge in [0.15, 0.2) is 0 Å². The quantitative estimate of drug-likeness (QED) is 0.0301. The van der Waals surface area contributed by atoms with Crippen LogP contribution in [0.1, 0.15) is 207 Å². The van der Waals surface area contributed by atoms with E-state index in [9.17, 15) is 14.7 Å². The molecule has 0 bridgehead atoms. The molecule has 1 atom stereocenters. The van der Waals surface area contributed by atoms with Crippen LogP contribution >= 0.6 is 0 Å². The Labute approximate surface area is 304 Å². The zero-order chi connectivity index (χ0) is 35.9. The van der Waals surface area contributed by atoms with E-state index in [4.69, 9.17) is 9.47 Å². The summed E-state index contributed by atoms with van der Waals surface area (Å²) >= 11 is 0. The summed E-state index contributed by atoms with van der Waals surface area (Å²) in [5, 5.41) is 10.4. The van der Waals surface area contributed by atoms with E-state index in [1.807, 2.05) is 11.8 Å². The van der Waals surface area contributed by atoms with E-state index in [-0.39, 0.29) is 25.2 Å². The molecule has 0 saturated carbocycles. The lowest BCUT2D eigenvalue weighted by atomic mass is 10.1. The van der Waals surface area contributed by atoms with Gasteiger partial charge in [-0.25, -0.2) is 0 Å². The summed E-state index contributed by atoms with van der Waals surface area (Å²) in [5.41, 5.74) is 0. The molecule has 0 aromatic carbocycles. The molecule has 0 aromatic heterocycles. The molecular weight excluding hydrogens is 610 g/mol. The number of nitrogens with zero attached hydrogens (tertiary/aromatic N) is 1. The summed E-state index contributed by atoms with van der Waals surface area (Å²) in [6.45, 7) is 7.78. The van der Waals surface area contributed by atoms with Crippen molar-refractivity contribution in [3.8, 4) is 0 Å². The highest BCUT2D eigenvalue weighted by Gasteiger charge is 2.15. The summed E-state index contributed by atoms with van der Waals surface area (Å²) in [4.78, 5) is 26.2. The van der Waals surface area contributed by atoms with Crippen molar-refractivity contribution in [3.63, 3.8) is 0 Å². The van der Waals surface area contributed by atoms with Crippen molar-refractivity contribution in [2.45, 2.75) is 213 Å². The molecule has 0 saturated heterocycles. The second-order valence-electron chi connectivity index (χ2n) is 14.0. The van der Waals surface area contributed by atoms with Crippen LogP contribution in [0.25, 0.3) is 0 Å². The van der Waals surface area contributed by atoms with Crippen molar-refractivity contribution in [1.29, 1.82) is 0 Å². The minimum Gasteiger partial charge on any atom is -0.464 e. The molecule has 6 nitrogen and oxygen atoms in total. The highest BCUT2D eigenvalue weighted by atomic mass is 16.5. The molecule has 1 unspecified atom stereocenters. The summed E-state index contributed by atoms with van der Waals surface area (Å²) in [5.74, 6) is -0.343. The number of aliphatic hydroxyl groups excluding tert-OH is 1. The monoisotopic (exact) mass is 692 g/mol. The largest absolute Gasteiger partial charge is 0.464 e. The predicted molar refractivity (Wildman–Crippen MR) is 209 cm³/mol. The third kappa shape index (κ3) is 36.0. The van der Waals surface area contributed by atoms with E-state index < -0.39 is 6.23 Å². The minimum absolute atomic E-state index is 0.171. The first-order chi connectivity index (χ1) is 24.0. The second-order valence-corrected chi connectivity index (χ2v) is 14.0. The first-order valence-electron chi connectivity index (χ1n) is 21.1. The van der Waals surface area contributed by atoms with Crippen LogP contribution in [0.2, 0.25) is 0 Å². The number of allylic oxidation sites excluding steroid dienone is 4. The number of hydrogen-bond donors (Lipinski definition) is 1. The molecule has 0 rings (SSSR count). The maximum Gasteiger partial charge on any atom is 0.305 e. The topological polar surface area (TPSA) is 76.1 Å². The maximum absolute atomic E-state index is 12.2. The molecule has 0 aliphatic heterocycles. The van der Waals surface area contributed by atoms with Gasteiger partial charge in [-0.2, -0.15) is 0 Å². The van der Waals surface area contributed by atoms with Gasteiger partial charge in [0.2, 0.25) is 0 Å². The van der Waals surface area contributed by atoms with E-state index >= 15 is 0 Å². The van der Waals surface area contributed by atoms with E-state index in [2.05, 4.69) is 38.2 Å². The Balaban J connectivity index is 3.74. The Morgan fingerprint density at radius 2 is 0.796 bits per heavy atom. The van der Waals surface area contributed by atoms with Gasteiger partial charge in [-0.1, -0.05) is 148 Å². The lowest BCUT2D eigenvalue weighted by molar-refractivity contribution is -0.146. The Morgan fingerprint density at radius 3 is 1.12 bits per heavy atom. The fourth-order valence-electron chi connectivity index (χ4n) is 6.05. The third-order valence-electron chi connectivity index (χ3n) is 9.36. The van der Waals surface area contributed by atoms with Crippen molar-refractivity contribution >= 4 is 11.9 Å². The lowest BCUT2D eigenvalue weighted by Crippen LogP contribution is -2.40. The molecule has 0 fully saturated rings. The summed E-state index contributed by atoms with van der Waals surface area (Å²) in [6, 6.07) is 0. The minimum atomic E-state index is -0.645. The molecule has 0 amide bonds. The van der Waals surface area contributed by atoms with Crippen molar-refractivity contribution in [1.82, 2.24) is 4.90 Å². The summed E-state index contributed by atoms with van der Waals surface area (Å²) < 4.78 is 10.9. The number of carbonyl (C=O) groups is 2. The predicted octanol–water partition coefficient (Wildman–Crippen LogP) is 12.2. The molecule has 0 radical (unpaired) electrons. The highest BCUT2D eigenvalue weighted by Crippen LogP contribution is 2.12. The molecule has 288 valence electrons. The Hall–Kier alpha value is -1.66. The highest BCUT2D eigenvalue weighted by molar-refractivity contribution is 5.69. The first kappa shape index (κ1) is 47.3. The molecule has 0 heterocycles. The molecule has 49 heavy (non-hydrogen) atoms. The molecule has 0 aromatic rings. The van der Waals surface area contributed by atoms with Crippen LogP contribution in [-0.4, -0.2) is 54.5 Å². The smallest absolute Gasteiger partial charge is 0.305 e. The molecule has 1 N–H and O–H groups in total. The number of ether oxygens (including phenoxy) is 2.